The number of halogens is 4. The maximum atomic E-state index is 5.25. The molecule has 0 aromatic carbocycles. The Balaban J connectivity index is -0.0000000408. The van der Waals surface area contributed by atoms with Gasteiger partial charge in [0.15, 0.2) is 0 Å². The molecule has 0 amide bonds. The molecule has 0 aliphatic heterocycles. The molecule has 0 heterocycles. The Hall–Kier alpha value is 1.78. The molecule has 0 fully saturated rings. The van der Waals surface area contributed by atoms with Crippen LogP contribution in [0.2, 0.25) is 0 Å². The first-order valence-corrected chi connectivity index (χ1v) is 5.05. The fourth-order valence-electron chi connectivity index (χ4n) is 0.214. The quantitative estimate of drug-likeness (QED) is 0.602. The van der Waals surface area contributed by atoms with Crippen LogP contribution in [0.3, 0.4) is 0 Å². The van der Waals surface area contributed by atoms with E-state index in [0.29, 0.717) is 0 Å². The zero-order chi connectivity index (χ0) is 6.24. The minimum absolute atomic E-state index is 0. The lowest BCUT2D eigenvalue weighted by molar-refractivity contribution is 1.15. The van der Waals surface area contributed by atoms with Crippen molar-refractivity contribution in [3.63, 3.8) is 0 Å². The molecular formula is C4H16Cl4N2S2. The van der Waals surface area contributed by atoms with E-state index in [9.17, 15) is 0 Å². The van der Waals surface area contributed by atoms with Crippen molar-refractivity contribution in [1.29, 1.82) is 0 Å². The second-order valence-corrected chi connectivity index (χ2v) is 3.92. The van der Waals surface area contributed by atoms with Crippen LogP contribution in [0.1, 0.15) is 0 Å². The minimum Gasteiger partial charge on any atom is -0.330 e. The van der Waals surface area contributed by atoms with Crippen molar-refractivity contribution in [2.45, 2.75) is 0 Å². The van der Waals surface area contributed by atoms with Crippen LogP contribution in [0.4, 0.5) is 0 Å². The van der Waals surface area contributed by atoms with E-state index >= 15 is 0 Å². The number of nitrogens with two attached hydrogens (primary N) is 2. The molecule has 0 rings (SSSR count). The van der Waals surface area contributed by atoms with Gasteiger partial charge in [-0.2, -0.15) is 0 Å². The highest BCUT2D eigenvalue weighted by molar-refractivity contribution is 8.76. The van der Waals surface area contributed by atoms with E-state index in [1.54, 1.807) is 21.6 Å². The molecule has 0 bridgehead atoms. The van der Waals surface area contributed by atoms with Crippen molar-refractivity contribution in [2.24, 2.45) is 11.5 Å². The van der Waals surface area contributed by atoms with Crippen LogP contribution in [-0.2, 0) is 0 Å². The van der Waals surface area contributed by atoms with Gasteiger partial charge in [-0.05, 0) is 0 Å². The lowest BCUT2D eigenvalue weighted by Gasteiger charge is -1.93. The first-order chi connectivity index (χ1) is 3.91. The summed E-state index contributed by atoms with van der Waals surface area (Å²) in [6, 6.07) is 0. The fourth-order valence-corrected chi connectivity index (χ4v) is 1.93. The smallest absolute Gasteiger partial charge is 0.0160 e. The summed E-state index contributed by atoms with van der Waals surface area (Å²) in [4.78, 5) is 0. The second-order valence-electron chi connectivity index (χ2n) is 1.22. The summed E-state index contributed by atoms with van der Waals surface area (Å²) in [6.45, 7) is 1.53. The Labute approximate surface area is 107 Å². The molecule has 0 atom stereocenters. The summed E-state index contributed by atoms with van der Waals surface area (Å²) in [6.07, 6.45) is 0. The van der Waals surface area contributed by atoms with E-state index in [4.69, 9.17) is 11.5 Å². The van der Waals surface area contributed by atoms with Gasteiger partial charge in [-0.25, -0.2) is 0 Å². The summed E-state index contributed by atoms with van der Waals surface area (Å²) in [5.74, 6) is 2.06. The third-order valence-electron chi connectivity index (χ3n) is 0.486. The van der Waals surface area contributed by atoms with Crippen molar-refractivity contribution < 1.29 is 0 Å². The topological polar surface area (TPSA) is 52.0 Å². The van der Waals surface area contributed by atoms with Crippen molar-refractivity contribution in [3.05, 3.63) is 0 Å². The third-order valence-corrected chi connectivity index (χ3v) is 2.96. The van der Waals surface area contributed by atoms with E-state index in [-0.39, 0.29) is 49.6 Å². The number of rotatable bonds is 5. The highest BCUT2D eigenvalue weighted by Gasteiger charge is 1.84. The van der Waals surface area contributed by atoms with E-state index in [0.717, 1.165) is 24.6 Å². The average molecular weight is 298 g/mol. The van der Waals surface area contributed by atoms with E-state index in [1.165, 1.54) is 0 Å². The van der Waals surface area contributed by atoms with E-state index in [2.05, 4.69) is 0 Å². The van der Waals surface area contributed by atoms with Crippen molar-refractivity contribution in [1.82, 2.24) is 0 Å². The molecule has 82 valence electrons. The van der Waals surface area contributed by atoms with Crippen LogP contribution in [0.25, 0.3) is 0 Å². The fraction of sp³-hybridized carbons (Fsp3) is 1.00. The zero-order valence-electron chi connectivity index (χ0n) is 6.43. The van der Waals surface area contributed by atoms with E-state index in [1.807, 2.05) is 0 Å². The van der Waals surface area contributed by atoms with Gasteiger partial charge >= 0.3 is 0 Å². The van der Waals surface area contributed by atoms with Gasteiger partial charge in [-0.3, -0.25) is 0 Å². The van der Waals surface area contributed by atoms with Gasteiger partial charge < -0.3 is 11.5 Å². The SMILES string of the molecule is Cl.Cl.Cl.Cl.NCCSSCCN. The van der Waals surface area contributed by atoms with Crippen LogP contribution in [-0.4, -0.2) is 24.6 Å². The van der Waals surface area contributed by atoms with Gasteiger partial charge in [-0.1, -0.05) is 21.6 Å². The average Bonchev–Trinajstić information content (AvgIpc) is 1.81. The van der Waals surface area contributed by atoms with Crippen molar-refractivity contribution in [3.8, 4) is 0 Å². The van der Waals surface area contributed by atoms with Crippen LogP contribution in [0, 0.1) is 0 Å². The molecule has 0 aromatic heterocycles. The van der Waals surface area contributed by atoms with Crippen molar-refractivity contribution in [2.75, 3.05) is 24.6 Å². The summed E-state index contributed by atoms with van der Waals surface area (Å²) < 4.78 is 0. The molecule has 0 radical (unpaired) electrons. The maximum Gasteiger partial charge on any atom is 0.0160 e. The molecule has 0 unspecified atom stereocenters. The molecule has 8 heteroatoms. The normalized spacial score (nSPS) is 6.50. The molecule has 0 aromatic rings. The third kappa shape index (κ3) is 29.8. The number of hydrogen-bond acceptors (Lipinski definition) is 4. The summed E-state index contributed by atoms with van der Waals surface area (Å²) in [5.41, 5.74) is 10.5. The Kier molecular flexibility index (Phi) is 71.3. The monoisotopic (exact) mass is 296 g/mol. The van der Waals surface area contributed by atoms with Gasteiger partial charge in [0, 0.05) is 24.6 Å². The molecule has 0 aliphatic rings. The first-order valence-electron chi connectivity index (χ1n) is 2.56. The standard InChI is InChI=1S/C4H12N2S2.4ClH/c5-1-3-7-8-4-2-6;;;;/h1-6H2;4*1H. The number of hydrogen-bond donors (Lipinski definition) is 2. The molecule has 0 aliphatic carbocycles. The Bertz CT molecular complexity index is 48.0. The van der Waals surface area contributed by atoms with Crippen LogP contribution >= 0.6 is 71.2 Å². The summed E-state index contributed by atoms with van der Waals surface area (Å²) in [5, 5.41) is 0. The van der Waals surface area contributed by atoms with E-state index < -0.39 is 0 Å². The zero-order valence-corrected chi connectivity index (χ0v) is 11.3. The molecule has 12 heavy (non-hydrogen) atoms. The van der Waals surface area contributed by atoms with Gasteiger partial charge in [0.1, 0.15) is 0 Å². The highest BCUT2D eigenvalue weighted by Crippen LogP contribution is 2.18. The molecular weight excluding hydrogens is 282 g/mol. The Morgan fingerprint density at radius 1 is 0.667 bits per heavy atom. The lowest BCUT2D eigenvalue weighted by atomic mass is 10.8. The van der Waals surface area contributed by atoms with Gasteiger partial charge in [0.05, 0.1) is 0 Å². The molecule has 0 saturated heterocycles. The largest absolute Gasteiger partial charge is 0.330 e. The molecule has 4 N–H and O–H groups in total. The van der Waals surface area contributed by atoms with Crippen molar-refractivity contribution >= 4 is 71.2 Å². The predicted octanol–water partition coefficient (Wildman–Crippen LogP) is 1.97. The molecule has 2 nitrogen and oxygen atoms in total. The van der Waals surface area contributed by atoms with Crippen LogP contribution in [0.5, 0.6) is 0 Å². The highest BCUT2D eigenvalue weighted by atomic mass is 35.5. The maximum absolute atomic E-state index is 5.25. The van der Waals surface area contributed by atoms with Crippen LogP contribution in [0.15, 0.2) is 0 Å². The first kappa shape index (κ1) is 29.2. The second kappa shape index (κ2) is 29.3. The lowest BCUT2D eigenvalue weighted by Crippen LogP contribution is -2.02. The van der Waals surface area contributed by atoms with Gasteiger partial charge in [0.2, 0.25) is 0 Å². The van der Waals surface area contributed by atoms with Gasteiger partial charge in [0.25, 0.3) is 0 Å². The Morgan fingerprint density at radius 3 is 1.08 bits per heavy atom. The summed E-state index contributed by atoms with van der Waals surface area (Å²) in [7, 11) is 3.58. The van der Waals surface area contributed by atoms with Gasteiger partial charge in [-0.15, -0.1) is 49.6 Å². The molecule has 0 saturated carbocycles. The minimum atomic E-state index is 0. The summed E-state index contributed by atoms with van der Waals surface area (Å²) >= 11 is 0. The predicted molar refractivity (Wildman–Crippen MR) is 72.0 cm³/mol. The molecule has 0 spiro atoms. The van der Waals surface area contributed by atoms with Crippen LogP contribution < -0.4 is 11.5 Å². The Morgan fingerprint density at radius 2 is 0.917 bits per heavy atom.